The van der Waals surface area contributed by atoms with Gasteiger partial charge in [0.05, 0.1) is 37.9 Å². The van der Waals surface area contributed by atoms with Crippen LogP contribution in [0.1, 0.15) is 33.8 Å². The zero-order valence-electron chi connectivity index (χ0n) is 24.8. The molecule has 4 rings (SSSR count). The maximum absolute atomic E-state index is 13.3. The number of sulfonamides is 1. The standard InChI is InChI=1S/C32H35FN2O9S/c1-41-27-11-13-28(14-12-27)45(39,40)35(15-17-36)16-18-43-30-20-25(23-5-7-24(8-6-23)32(38)42-2)19-29(44-30)31(37)34-21-22-3-9-26(33)10-4-22/h3-14,19,25,30,36H,15-18,20-21H2,1-2H3,(H,34,37)/t25-,30+/m1/s1. The summed E-state index contributed by atoms with van der Waals surface area (Å²) in [6.07, 6.45) is 1.02. The smallest absolute Gasteiger partial charge is 0.337 e. The second-order valence-electron chi connectivity index (χ2n) is 10.0. The lowest BCUT2D eigenvalue weighted by Gasteiger charge is -2.30. The fraction of sp³-hybridized carbons (Fsp3) is 0.312. The van der Waals surface area contributed by atoms with Crippen molar-refractivity contribution < 1.29 is 46.5 Å². The van der Waals surface area contributed by atoms with Crippen molar-refractivity contribution in [3.05, 3.63) is 107 Å². The van der Waals surface area contributed by atoms with E-state index in [0.29, 0.717) is 16.9 Å². The van der Waals surface area contributed by atoms with Crippen molar-refractivity contribution in [3.8, 4) is 5.75 Å². The van der Waals surface area contributed by atoms with Gasteiger partial charge in [-0.15, -0.1) is 0 Å². The first-order valence-electron chi connectivity index (χ1n) is 14.1. The van der Waals surface area contributed by atoms with Crippen LogP contribution in [0.15, 0.2) is 89.5 Å². The normalized spacial score (nSPS) is 16.4. The van der Waals surface area contributed by atoms with Crippen molar-refractivity contribution in [1.29, 1.82) is 0 Å². The molecule has 0 radical (unpaired) electrons. The van der Waals surface area contributed by atoms with Gasteiger partial charge in [-0.3, -0.25) is 4.79 Å². The molecule has 0 aromatic heterocycles. The molecule has 1 amide bonds. The highest BCUT2D eigenvalue weighted by Gasteiger charge is 2.30. The van der Waals surface area contributed by atoms with E-state index in [4.69, 9.17) is 18.9 Å². The zero-order valence-corrected chi connectivity index (χ0v) is 25.7. The molecular weight excluding hydrogens is 607 g/mol. The van der Waals surface area contributed by atoms with E-state index >= 15 is 0 Å². The van der Waals surface area contributed by atoms with Crippen LogP contribution >= 0.6 is 0 Å². The second-order valence-corrected chi connectivity index (χ2v) is 12.0. The number of carbonyl (C=O) groups is 2. The molecule has 0 saturated carbocycles. The Morgan fingerprint density at radius 3 is 2.31 bits per heavy atom. The highest BCUT2D eigenvalue weighted by Crippen LogP contribution is 2.32. The van der Waals surface area contributed by atoms with Gasteiger partial charge < -0.3 is 29.4 Å². The van der Waals surface area contributed by atoms with E-state index in [0.717, 1.165) is 9.87 Å². The number of methoxy groups -OCH3 is 2. The maximum Gasteiger partial charge on any atom is 0.337 e. The fourth-order valence-electron chi connectivity index (χ4n) is 4.65. The van der Waals surface area contributed by atoms with Gasteiger partial charge in [-0.1, -0.05) is 24.3 Å². The summed E-state index contributed by atoms with van der Waals surface area (Å²) in [5, 5.41) is 12.3. The lowest BCUT2D eigenvalue weighted by Crippen LogP contribution is -2.38. The monoisotopic (exact) mass is 642 g/mol. The molecule has 0 bridgehead atoms. The molecule has 45 heavy (non-hydrogen) atoms. The minimum atomic E-state index is -3.96. The van der Waals surface area contributed by atoms with Crippen molar-refractivity contribution in [3.63, 3.8) is 0 Å². The Hall–Kier alpha value is -4.30. The first-order valence-corrected chi connectivity index (χ1v) is 15.5. The van der Waals surface area contributed by atoms with Crippen LogP contribution in [-0.2, 0) is 35.6 Å². The van der Waals surface area contributed by atoms with Crippen molar-refractivity contribution in [1.82, 2.24) is 9.62 Å². The molecular formula is C32H35FN2O9S. The van der Waals surface area contributed by atoms with Crippen LogP contribution in [-0.4, -0.2) is 76.5 Å². The number of allylic oxidation sites excluding steroid dienone is 1. The van der Waals surface area contributed by atoms with Gasteiger partial charge in [0.2, 0.25) is 16.3 Å². The van der Waals surface area contributed by atoms with Crippen LogP contribution in [0.4, 0.5) is 4.39 Å². The molecule has 0 aliphatic carbocycles. The lowest BCUT2D eigenvalue weighted by atomic mass is 9.92. The van der Waals surface area contributed by atoms with Gasteiger partial charge in [0.1, 0.15) is 11.6 Å². The average molecular weight is 643 g/mol. The van der Waals surface area contributed by atoms with Gasteiger partial charge in [0, 0.05) is 32.0 Å². The molecule has 240 valence electrons. The van der Waals surface area contributed by atoms with Gasteiger partial charge in [-0.05, 0) is 65.7 Å². The molecule has 3 aromatic carbocycles. The highest BCUT2D eigenvalue weighted by molar-refractivity contribution is 7.89. The third-order valence-electron chi connectivity index (χ3n) is 7.10. The van der Waals surface area contributed by atoms with Crippen LogP contribution in [0.2, 0.25) is 0 Å². The van der Waals surface area contributed by atoms with Crippen LogP contribution in [0.3, 0.4) is 0 Å². The van der Waals surface area contributed by atoms with Crippen molar-refractivity contribution in [2.45, 2.75) is 30.1 Å². The summed E-state index contributed by atoms with van der Waals surface area (Å²) in [5.41, 5.74) is 1.84. The minimum absolute atomic E-state index is 0.00604. The average Bonchev–Trinajstić information content (AvgIpc) is 3.07. The summed E-state index contributed by atoms with van der Waals surface area (Å²) in [5.74, 6) is -1.25. The van der Waals surface area contributed by atoms with E-state index < -0.39 is 34.8 Å². The molecule has 0 saturated heterocycles. The first-order chi connectivity index (χ1) is 21.6. The Morgan fingerprint density at radius 1 is 1.00 bits per heavy atom. The van der Waals surface area contributed by atoms with Crippen LogP contribution < -0.4 is 10.1 Å². The van der Waals surface area contributed by atoms with E-state index in [2.05, 4.69) is 5.32 Å². The molecule has 1 aliphatic heterocycles. The molecule has 1 aliphatic rings. The predicted octanol–water partition coefficient (Wildman–Crippen LogP) is 3.35. The summed E-state index contributed by atoms with van der Waals surface area (Å²) >= 11 is 0. The summed E-state index contributed by atoms with van der Waals surface area (Å²) in [6, 6.07) is 18.3. The van der Waals surface area contributed by atoms with Crippen LogP contribution in [0.5, 0.6) is 5.75 Å². The molecule has 0 spiro atoms. The van der Waals surface area contributed by atoms with Gasteiger partial charge in [0.25, 0.3) is 5.91 Å². The number of carbonyl (C=O) groups excluding carboxylic acids is 2. The number of ether oxygens (including phenoxy) is 4. The molecule has 11 nitrogen and oxygen atoms in total. The number of benzene rings is 3. The summed E-state index contributed by atoms with van der Waals surface area (Å²) in [6.45, 7) is -0.625. The third-order valence-corrected chi connectivity index (χ3v) is 9.01. The third kappa shape index (κ3) is 8.88. The number of amides is 1. The minimum Gasteiger partial charge on any atom is -0.497 e. The van der Waals surface area contributed by atoms with E-state index in [9.17, 15) is 27.5 Å². The summed E-state index contributed by atoms with van der Waals surface area (Å²) < 4.78 is 62.6. The largest absolute Gasteiger partial charge is 0.497 e. The molecule has 3 aromatic rings. The first kappa shape index (κ1) is 33.6. The Labute approximate surface area is 261 Å². The Kier molecular flexibility index (Phi) is 11.7. The number of aliphatic hydroxyl groups excluding tert-OH is 1. The SMILES string of the molecule is COC(=O)c1ccc([C@@H]2C=C(C(=O)NCc3ccc(F)cc3)O[C@H](OCCN(CCO)S(=O)(=O)c3ccc(OC)cc3)C2)cc1. The molecule has 0 fully saturated rings. The predicted molar refractivity (Wildman–Crippen MR) is 161 cm³/mol. The number of halogens is 1. The number of nitrogens with one attached hydrogen (secondary N) is 1. The van der Waals surface area contributed by atoms with Crippen LogP contribution in [0, 0.1) is 5.82 Å². The zero-order chi connectivity index (χ0) is 32.4. The molecule has 2 atom stereocenters. The molecule has 13 heteroatoms. The number of nitrogens with zero attached hydrogens (tertiary/aromatic N) is 1. The second kappa shape index (κ2) is 15.6. The molecule has 0 unspecified atom stereocenters. The van der Waals surface area contributed by atoms with Crippen LogP contribution in [0.25, 0.3) is 0 Å². The van der Waals surface area contributed by atoms with Gasteiger partial charge in [-0.25, -0.2) is 17.6 Å². The molecule has 1 heterocycles. The van der Waals surface area contributed by atoms with Crippen molar-refractivity contribution in [2.75, 3.05) is 40.5 Å². The number of aliphatic hydroxyl groups is 1. The van der Waals surface area contributed by atoms with E-state index in [1.807, 2.05) is 0 Å². The van der Waals surface area contributed by atoms with E-state index in [1.54, 1.807) is 42.5 Å². The van der Waals surface area contributed by atoms with Gasteiger partial charge >= 0.3 is 5.97 Å². The number of rotatable bonds is 14. The topological polar surface area (TPSA) is 141 Å². The number of hydrogen-bond acceptors (Lipinski definition) is 9. The quantitative estimate of drug-likeness (QED) is 0.253. The van der Waals surface area contributed by atoms with E-state index in [-0.39, 0.29) is 55.1 Å². The Morgan fingerprint density at radius 2 is 1.69 bits per heavy atom. The highest BCUT2D eigenvalue weighted by atomic mass is 32.2. The number of hydrogen-bond donors (Lipinski definition) is 2. The van der Waals surface area contributed by atoms with Crippen molar-refractivity contribution in [2.24, 2.45) is 0 Å². The lowest BCUT2D eigenvalue weighted by molar-refractivity contribution is -0.146. The summed E-state index contributed by atoms with van der Waals surface area (Å²) in [7, 11) is -1.19. The Bertz CT molecular complexity index is 1580. The summed E-state index contributed by atoms with van der Waals surface area (Å²) in [4.78, 5) is 25.1. The van der Waals surface area contributed by atoms with E-state index in [1.165, 1.54) is 50.6 Å². The maximum atomic E-state index is 13.3. The fourth-order valence-corrected chi connectivity index (χ4v) is 6.07. The van der Waals surface area contributed by atoms with Gasteiger partial charge in [0.15, 0.2) is 5.76 Å². The number of esters is 1. The van der Waals surface area contributed by atoms with Crippen molar-refractivity contribution >= 4 is 21.9 Å². The van der Waals surface area contributed by atoms with Gasteiger partial charge in [-0.2, -0.15) is 4.31 Å². The Balaban J connectivity index is 1.47. The molecule has 2 N–H and O–H groups in total.